The zero-order valence-corrected chi connectivity index (χ0v) is 15.9. The molecule has 0 amide bonds. The van der Waals surface area contributed by atoms with Crippen LogP contribution in [0.2, 0.25) is 0 Å². The molecular formula is C20H29N5O2. The summed E-state index contributed by atoms with van der Waals surface area (Å²) in [4.78, 5) is 7.33. The monoisotopic (exact) mass is 371 g/mol. The van der Waals surface area contributed by atoms with E-state index in [2.05, 4.69) is 16.9 Å². The van der Waals surface area contributed by atoms with Gasteiger partial charge < -0.3 is 14.5 Å². The molecule has 0 unspecified atom stereocenters. The second-order valence-corrected chi connectivity index (χ2v) is 7.83. The third kappa shape index (κ3) is 3.71. The summed E-state index contributed by atoms with van der Waals surface area (Å²) in [5, 5.41) is 17.1. The van der Waals surface area contributed by atoms with Gasteiger partial charge in [-0.15, -0.1) is 0 Å². The third-order valence-corrected chi connectivity index (χ3v) is 6.18. The Hall–Kier alpha value is -1.99. The number of H-pyrrole nitrogens is 1. The second-order valence-electron chi connectivity index (χ2n) is 7.83. The first-order valence-corrected chi connectivity index (χ1v) is 10.0. The predicted octanol–water partition coefficient (Wildman–Crippen LogP) is 2.92. The lowest BCUT2D eigenvalue weighted by molar-refractivity contribution is -0.00987. The number of ether oxygens (including phenoxy) is 2. The molecule has 0 bridgehead atoms. The van der Waals surface area contributed by atoms with Crippen LogP contribution in [0.3, 0.4) is 0 Å². The maximum atomic E-state index is 8.87. The number of nitrogens with one attached hydrogen (secondary N) is 3. The van der Waals surface area contributed by atoms with Crippen LogP contribution >= 0.6 is 0 Å². The Morgan fingerprint density at radius 1 is 1.37 bits per heavy atom. The molecule has 3 atom stereocenters. The average molecular weight is 371 g/mol. The van der Waals surface area contributed by atoms with Crippen LogP contribution in [0.15, 0.2) is 18.5 Å². The molecule has 2 aromatic rings. The van der Waals surface area contributed by atoms with Crippen LogP contribution in [0.25, 0.3) is 11.2 Å². The van der Waals surface area contributed by atoms with Crippen molar-refractivity contribution in [1.29, 1.82) is 10.8 Å². The maximum Gasteiger partial charge on any atom is 0.154 e. The van der Waals surface area contributed by atoms with Crippen LogP contribution in [-0.2, 0) is 9.47 Å². The molecule has 7 heteroatoms. The van der Waals surface area contributed by atoms with Gasteiger partial charge in [-0.1, -0.05) is 13.3 Å². The first-order chi connectivity index (χ1) is 13.2. The normalized spacial score (nSPS) is 26.6. The van der Waals surface area contributed by atoms with Gasteiger partial charge >= 0.3 is 0 Å². The lowest BCUT2D eigenvalue weighted by Gasteiger charge is -2.23. The van der Waals surface area contributed by atoms with Crippen molar-refractivity contribution in [2.45, 2.75) is 45.1 Å². The molecule has 3 heterocycles. The van der Waals surface area contributed by atoms with Crippen LogP contribution < -0.4 is 5.49 Å². The van der Waals surface area contributed by atoms with Crippen molar-refractivity contribution in [3.05, 3.63) is 23.9 Å². The van der Waals surface area contributed by atoms with E-state index < -0.39 is 0 Å². The number of aromatic nitrogens is 3. The number of hydrogen-bond acceptors (Lipinski definition) is 5. The van der Waals surface area contributed by atoms with E-state index in [1.165, 1.54) is 6.20 Å². The number of aromatic amines is 1. The third-order valence-electron chi connectivity index (χ3n) is 6.18. The summed E-state index contributed by atoms with van der Waals surface area (Å²) in [5.41, 5.74) is 1.77. The fourth-order valence-corrected chi connectivity index (χ4v) is 4.56. The Balaban J connectivity index is 1.48. The molecule has 2 aliphatic rings. The summed E-state index contributed by atoms with van der Waals surface area (Å²) in [6.45, 7) is 4.69. The van der Waals surface area contributed by atoms with Crippen molar-refractivity contribution in [2.24, 2.45) is 17.8 Å². The molecule has 1 saturated carbocycles. The van der Waals surface area contributed by atoms with E-state index in [1.807, 2.05) is 12.3 Å². The molecular weight excluding hydrogens is 342 g/mol. The van der Waals surface area contributed by atoms with Crippen molar-refractivity contribution >= 4 is 17.0 Å². The summed E-state index contributed by atoms with van der Waals surface area (Å²) >= 11 is 0. The molecule has 146 valence electrons. The minimum absolute atomic E-state index is 0.115. The molecule has 2 aromatic heterocycles. The lowest BCUT2D eigenvalue weighted by Crippen LogP contribution is -2.33. The molecule has 3 N–H and O–H groups in total. The van der Waals surface area contributed by atoms with Crippen LogP contribution in [-0.4, -0.2) is 46.3 Å². The molecule has 1 saturated heterocycles. The Morgan fingerprint density at radius 2 is 2.19 bits per heavy atom. The van der Waals surface area contributed by atoms with Gasteiger partial charge in [-0.05, 0) is 43.6 Å². The molecule has 27 heavy (non-hydrogen) atoms. The summed E-state index contributed by atoms with van der Waals surface area (Å²) in [7, 11) is 0. The molecule has 0 radical (unpaired) electrons. The Kier molecular flexibility index (Phi) is 5.41. The summed E-state index contributed by atoms with van der Waals surface area (Å²) in [6.07, 6.45) is 8.60. The lowest BCUT2D eigenvalue weighted by atomic mass is 9.92. The van der Waals surface area contributed by atoms with Crippen LogP contribution in [0.1, 0.15) is 39.0 Å². The maximum absolute atomic E-state index is 8.87. The SMILES string of the molecule is CC[C@@H]1C[C@@H](OCC2CCOCC2)C[C@@H]1C(=N)n1c(=N)cnc2[nH]ccc21. The van der Waals surface area contributed by atoms with Gasteiger partial charge in [0.1, 0.15) is 11.3 Å². The van der Waals surface area contributed by atoms with Crippen LogP contribution in [0.4, 0.5) is 0 Å². The zero-order chi connectivity index (χ0) is 18.8. The van der Waals surface area contributed by atoms with Crippen molar-refractivity contribution in [2.75, 3.05) is 19.8 Å². The van der Waals surface area contributed by atoms with E-state index >= 15 is 0 Å². The zero-order valence-electron chi connectivity index (χ0n) is 15.9. The van der Waals surface area contributed by atoms with E-state index in [1.54, 1.807) is 4.57 Å². The number of fused-ring (bicyclic) bond motifs is 1. The van der Waals surface area contributed by atoms with Crippen molar-refractivity contribution in [3.63, 3.8) is 0 Å². The largest absolute Gasteiger partial charge is 0.381 e. The number of nitrogens with zero attached hydrogens (tertiary/aromatic N) is 2. The molecule has 7 nitrogen and oxygen atoms in total. The smallest absolute Gasteiger partial charge is 0.154 e. The fourth-order valence-electron chi connectivity index (χ4n) is 4.56. The summed E-state index contributed by atoms with van der Waals surface area (Å²) in [6, 6.07) is 1.89. The highest BCUT2D eigenvalue weighted by Crippen LogP contribution is 2.37. The highest BCUT2D eigenvalue weighted by molar-refractivity contribution is 5.91. The first-order valence-electron chi connectivity index (χ1n) is 10.0. The molecule has 1 aliphatic heterocycles. The van der Waals surface area contributed by atoms with Gasteiger partial charge in [0.05, 0.1) is 17.8 Å². The van der Waals surface area contributed by atoms with Gasteiger partial charge in [-0.2, -0.15) is 0 Å². The van der Waals surface area contributed by atoms with E-state index in [-0.39, 0.29) is 17.5 Å². The van der Waals surface area contributed by atoms with Crippen LogP contribution in [0, 0.1) is 28.6 Å². The highest BCUT2D eigenvalue weighted by Gasteiger charge is 2.37. The van der Waals surface area contributed by atoms with Crippen molar-refractivity contribution in [3.8, 4) is 0 Å². The van der Waals surface area contributed by atoms with Gasteiger partial charge in [-0.25, -0.2) is 4.98 Å². The van der Waals surface area contributed by atoms with E-state index in [9.17, 15) is 0 Å². The van der Waals surface area contributed by atoms with Crippen molar-refractivity contribution in [1.82, 2.24) is 14.5 Å². The number of rotatable bonds is 5. The molecule has 2 fully saturated rings. The summed E-state index contributed by atoms with van der Waals surface area (Å²) < 4.78 is 13.4. The standard InChI is InChI=1S/C20H29N5O2/c1-2-14-9-15(27-12-13-4-7-26-8-5-13)10-16(14)19(22)25-17-3-6-23-20(17)24-11-18(25)21/h3,6,11,13-16,21-23H,2,4-5,7-10,12H2,1H3/t14-,15-,16+/m1/s1. The van der Waals surface area contributed by atoms with Crippen molar-refractivity contribution < 1.29 is 9.47 Å². The van der Waals surface area contributed by atoms with E-state index in [0.717, 1.165) is 57.4 Å². The Bertz CT molecular complexity index is 851. The molecule has 0 aromatic carbocycles. The first kappa shape index (κ1) is 18.4. The van der Waals surface area contributed by atoms with Gasteiger partial charge in [-0.3, -0.25) is 15.4 Å². The van der Waals surface area contributed by atoms with E-state index in [4.69, 9.17) is 20.3 Å². The average Bonchev–Trinajstić information content (AvgIpc) is 3.33. The quantitative estimate of drug-likeness (QED) is 0.556. The highest BCUT2D eigenvalue weighted by atomic mass is 16.5. The second kappa shape index (κ2) is 7.94. The van der Waals surface area contributed by atoms with Gasteiger partial charge in [0.25, 0.3) is 0 Å². The minimum Gasteiger partial charge on any atom is -0.381 e. The van der Waals surface area contributed by atoms with Gasteiger partial charge in [0.15, 0.2) is 5.65 Å². The Labute approximate surface area is 159 Å². The van der Waals surface area contributed by atoms with Gasteiger partial charge in [0, 0.05) is 31.9 Å². The topological polar surface area (TPSA) is 99.8 Å². The van der Waals surface area contributed by atoms with E-state index in [0.29, 0.717) is 23.3 Å². The van der Waals surface area contributed by atoms with Crippen LogP contribution in [0.5, 0.6) is 0 Å². The van der Waals surface area contributed by atoms with Gasteiger partial charge in [0.2, 0.25) is 0 Å². The molecule has 1 aliphatic carbocycles. The fraction of sp³-hybridized carbons (Fsp3) is 0.650. The number of hydrogen-bond donors (Lipinski definition) is 3. The predicted molar refractivity (Wildman–Crippen MR) is 103 cm³/mol. The Morgan fingerprint density at radius 3 is 2.96 bits per heavy atom. The minimum atomic E-state index is 0.115. The summed E-state index contributed by atoms with van der Waals surface area (Å²) in [5.74, 6) is 1.64. The molecule has 4 rings (SSSR count). The molecule has 0 spiro atoms.